The first-order valence-corrected chi connectivity index (χ1v) is 12.1. The van der Waals surface area contributed by atoms with Gasteiger partial charge in [0.25, 0.3) is 15.9 Å². The number of nitrogens with one attached hydrogen (secondary N) is 1. The van der Waals surface area contributed by atoms with Crippen LogP contribution in [0.3, 0.4) is 0 Å². The van der Waals surface area contributed by atoms with Gasteiger partial charge in [0.05, 0.1) is 41.9 Å². The largest absolute Gasteiger partial charge is 0.378 e. The maximum absolute atomic E-state index is 12.9. The number of thiazole rings is 1. The molecule has 11 heteroatoms. The molecule has 166 valence electrons. The van der Waals surface area contributed by atoms with Crippen LogP contribution in [0.2, 0.25) is 0 Å². The summed E-state index contributed by atoms with van der Waals surface area (Å²) in [5.74, 6) is -0.0874. The van der Waals surface area contributed by atoms with E-state index in [2.05, 4.69) is 9.71 Å². The third kappa shape index (κ3) is 4.38. The lowest BCUT2D eigenvalue weighted by molar-refractivity contribution is 0.0305. The van der Waals surface area contributed by atoms with Gasteiger partial charge in [-0.05, 0) is 31.2 Å². The molecule has 9 nitrogen and oxygen atoms in total. The predicted molar refractivity (Wildman–Crippen MR) is 120 cm³/mol. The van der Waals surface area contributed by atoms with Crippen LogP contribution in [-0.2, 0) is 21.8 Å². The number of carbonyl (C=O) groups is 1. The Morgan fingerprint density at radius 3 is 2.75 bits per heavy atom. The summed E-state index contributed by atoms with van der Waals surface area (Å²) in [6.07, 6.45) is 1.49. The number of amides is 1. The lowest BCUT2D eigenvalue weighted by atomic mass is 10.2. The van der Waals surface area contributed by atoms with Crippen molar-refractivity contribution in [2.24, 2.45) is 7.05 Å². The molecule has 0 radical (unpaired) electrons. The van der Waals surface area contributed by atoms with E-state index < -0.39 is 10.0 Å². The summed E-state index contributed by atoms with van der Waals surface area (Å²) in [4.78, 5) is 19.7. The summed E-state index contributed by atoms with van der Waals surface area (Å²) in [6, 6.07) is 9.76. The van der Waals surface area contributed by atoms with Gasteiger partial charge in [-0.1, -0.05) is 6.07 Å². The number of ether oxygens (including phenoxy) is 1. The van der Waals surface area contributed by atoms with E-state index in [1.165, 1.54) is 29.7 Å². The Morgan fingerprint density at radius 2 is 2.03 bits per heavy atom. The summed E-state index contributed by atoms with van der Waals surface area (Å²) in [5, 5.41) is 9.58. The Labute approximate surface area is 189 Å². The maximum atomic E-state index is 12.9. The van der Waals surface area contributed by atoms with Crippen LogP contribution in [0.4, 0.5) is 5.69 Å². The lowest BCUT2D eigenvalue weighted by Crippen LogP contribution is -2.40. The number of nitrogens with zero attached hydrogens (tertiary/aromatic N) is 4. The monoisotopic (exact) mass is 471 g/mol. The van der Waals surface area contributed by atoms with Crippen molar-refractivity contribution in [2.45, 2.75) is 11.8 Å². The van der Waals surface area contributed by atoms with E-state index in [9.17, 15) is 13.2 Å². The van der Waals surface area contributed by atoms with Crippen molar-refractivity contribution in [1.82, 2.24) is 14.5 Å². The number of aryl methyl sites for hydroxylation is 2. The zero-order chi connectivity index (χ0) is 22.9. The van der Waals surface area contributed by atoms with Crippen LogP contribution in [0.1, 0.15) is 20.9 Å². The molecule has 1 fully saturated rings. The van der Waals surface area contributed by atoms with E-state index in [0.717, 1.165) is 0 Å². The average molecular weight is 472 g/mol. The van der Waals surface area contributed by atoms with Gasteiger partial charge in [0.1, 0.15) is 14.8 Å². The third-order valence-electron chi connectivity index (χ3n) is 5.04. The number of morpholine rings is 1. The van der Waals surface area contributed by atoms with E-state index in [1.807, 2.05) is 6.07 Å². The quantitative estimate of drug-likeness (QED) is 0.611. The van der Waals surface area contributed by atoms with Crippen LogP contribution < -0.4 is 4.72 Å². The first kappa shape index (κ1) is 22.0. The molecule has 1 N–H and O–H groups in total. The molecule has 2 aromatic heterocycles. The number of rotatable bonds is 5. The van der Waals surface area contributed by atoms with Crippen LogP contribution in [0.15, 0.2) is 41.4 Å². The van der Waals surface area contributed by atoms with Gasteiger partial charge in [0.15, 0.2) is 0 Å². The number of hydrogen-bond donors (Lipinski definition) is 1. The molecule has 1 aliphatic rings. The number of benzene rings is 1. The van der Waals surface area contributed by atoms with Crippen LogP contribution in [0.5, 0.6) is 0 Å². The van der Waals surface area contributed by atoms with Gasteiger partial charge in [-0.2, -0.15) is 5.26 Å². The highest BCUT2D eigenvalue weighted by Crippen LogP contribution is 2.31. The van der Waals surface area contributed by atoms with Gasteiger partial charge >= 0.3 is 0 Å². The fourth-order valence-corrected chi connectivity index (χ4v) is 5.59. The lowest BCUT2D eigenvalue weighted by Gasteiger charge is -2.26. The molecular formula is C21H21N5O4S2. The zero-order valence-electron chi connectivity index (χ0n) is 17.5. The van der Waals surface area contributed by atoms with Gasteiger partial charge in [0.2, 0.25) is 0 Å². The highest BCUT2D eigenvalue weighted by atomic mass is 32.2. The molecule has 0 saturated carbocycles. The topological polar surface area (TPSA) is 117 Å². The summed E-state index contributed by atoms with van der Waals surface area (Å²) >= 11 is 1.25. The zero-order valence-corrected chi connectivity index (χ0v) is 19.2. The van der Waals surface area contributed by atoms with Crippen molar-refractivity contribution >= 4 is 33.0 Å². The Balaban J connectivity index is 1.61. The third-order valence-corrected chi connectivity index (χ3v) is 7.56. The van der Waals surface area contributed by atoms with E-state index in [-0.39, 0.29) is 10.8 Å². The van der Waals surface area contributed by atoms with E-state index >= 15 is 0 Å². The summed E-state index contributed by atoms with van der Waals surface area (Å²) in [5.41, 5.74) is 1.86. The summed E-state index contributed by atoms with van der Waals surface area (Å²) < 4.78 is 35.2. The molecule has 0 atom stereocenters. The minimum atomic E-state index is -3.88. The molecule has 1 aromatic carbocycles. The first-order valence-electron chi connectivity index (χ1n) is 9.82. The molecule has 1 aliphatic heterocycles. The Morgan fingerprint density at radius 1 is 1.28 bits per heavy atom. The van der Waals surface area contributed by atoms with E-state index in [4.69, 9.17) is 10.00 Å². The highest BCUT2D eigenvalue weighted by Gasteiger charge is 2.25. The smallest absolute Gasteiger partial charge is 0.266 e. The van der Waals surface area contributed by atoms with Crippen molar-refractivity contribution in [1.29, 1.82) is 5.26 Å². The van der Waals surface area contributed by atoms with Crippen molar-refractivity contribution in [2.75, 3.05) is 31.0 Å². The van der Waals surface area contributed by atoms with Gasteiger partial charge < -0.3 is 14.2 Å². The van der Waals surface area contributed by atoms with Crippen molar-refractivity contribution in [3.63, 3.8) is 0 Å². The molecule has 0 spiro atoms. The molecule has 1 amide bonds. The molecule has 0 unspecified atom stereocenters. The Kier molecular flexibility index (Phi) is 6.01. The fourth-order valence-electron chi connectivity index (χ4n) is 3.37. The second kappa shape index (κ2) is 8.74. The molecule has 3 heterocycles. The Bertz CT molecular complexity index is 1310. The van der Waals surface area contributed by atoms with Crippen molar-refractivity contribution in [3.8, 4) is 16.8 Å². The van der Waals surface area contributed by atoms with Gasteiger partial charge in [0, 0.05) is 26.3 Å². The minimum Gasteiger partial charge on any atom is -0.378 e. The van der Waals surface area contributed by atoms with Crippen LogP contribution >= 0.6 is 11.3 Å². The summed E-state index contributed by atoms with van der Waals surface area (Å²) in [7, 11) is -2.15. The molecule has 3 aromatic rings. The number of anilines is 1. The van der Waals surface area contributed by atoms with E-state index in [1.54, 1.807) is 41.6 Å². The van der Waals surface area contributed by atoms with Crippen LogP contribution in [0, 0.1) is 18.3 Å². The standard InChI is InChI=1S/C21H21N5O4S2/c1-14-19(21(27)26-6-8-30-9-7-26)31-20(23-14)18-11-17(13-25(18)2)32(28,29)24-16-5-3-4-15(10-16)12-22/h3-5,10-11,13,24H,6-9H2,1-2H3. The molecule has 0 bridgehead atoms. The molecule has 32 heavy (non-hydrogen) atoms. The molecular weight excluding hydrogens is 450 g/mol. The first-order chi connectivity index (χ1) is 15.3. The second-order valence-electron chi connectivity index (χ2n) is 7.31. The predicted octanol–water partition coefficient (Wildman–Crippen LogP) is 2.60. The number of hydrogen-bond acceptors (Lipinski definition) is 7. The molecule has 4 rings (SSSR count). The summed E-state index contributed by atoms with van der Waals surface area (Å²) in [6.45, 7) is 3.88. The second-order valence-corrected chi connectivity index (χ2v) is 9.99. The Hall–Kier alpha value is -3.20. The number of carbonyl (C=O) groups excluding carboxylic acids is 1. The van der Waals surface area contributed by atoms with Crippen LogP contribution in [0.25, 0.3) is 10.7 Å². The normalized spacial score (nSPS) is 14.2. The molecule has 1 saturated heterocycles. The molecule has 0 aliphatic carbocycles. The highest BCUT2D eigenvalue weighted by molar-refractivity contribution is 7.92. The van der Waals surface area contributed by atoms with Crippen molar-refractivity contribution < 1.29 is 17.9 Å². The number of aromatic nitrogens is 2. The van der Waals surface area contributed by atoms with Crippen molar-refractivity contribution in [3.05, 3.63) is 52.7 Å². The SMILES string of the molecule is Cc1nc(-c2cc(S(=O)(=O)Nc3cccc(C#N)c3)cn2C)sc1C(=O)N1CCOCC1. The van der Waals surface area contributed by atoms with E-state index in [0.29, 0.717) is 58.8 Å². The van der Waals surface area contributed by atoms with Gasteiger partial charge in [-0.15, -0.1) is 11.3 Å². The maximum Gasteiger partial charge on any atom is 0.266 e. The van der Waals surface area contributed by atoms with Gasteiger partial charge in [-0.3, -0.25) is 9.52 Å². The fraction of sp³-hybridized carbons (Fsp3) is 0.286. The number of sulfonamides is 1. The van der Waals surface area contributed by atoms with Crippen LogP contribution in [-0.4, -0.2) is 55.1 Å². The average Bonchev–Trinajstić information content (AvgIpc) is 3.36. The minimum absolute atomic E-state index is 0.0614. The van der Waals surface area contributed by atoms with Gasteiger partial charge in [-0.25, -0.2) is 13.4 Å². The number of nitriles is 1.